The van der Waals surface area contributed by atoms with Crippen molar-refractivity contribution in [2.45, 2.75) is 6.92 Å². The Morgan fingerprint density at radius 3 is 2.94 bits per heavy atom. The molecule has 1 rings (SSSR count). The topological polar surface area (TPSA) is 33.6 Å². The summed E-state index contributed by atoms with van der Waals surface area (Å²) < 4.78 is 5.62. The Kier molecular flexibility index (Phi) is 5.78. The fourth-order valence-electron chi connectivity index (χ4n) is 1.25. The predicted molar refractivity (Wildman–Crippen MR) is 71.6 cm³/mol. The molecule has 3 nitrogen and oxygen atoms in total. The number of nitrogens with one attached hydrogen (secondary N) is 1. The molecule has 0 heterocycles. The molecule has 16 heavy (non-hydrogen) atoms. The standard InChI is InChI=1S/C12H18N2OS/c1-10-5-4-6-11(9-10)15-7-8-16-12(13-2)14-3/h4-6,9H,7-8H2,1-3H3,(H,13,14). The number of rotatable bonds is 4. The van der Waals surface area contributed by atoms with Gasteiger partial charge in [-0.1, -0.05) is 23.9 Å². The number of benzene rings is 1. The van der Waals surface area contributed by atoms with E-state index in [2.05, 4.69) is 23.3 Å². The predicted octanol–water partition coefficient (Wildman–Crippen LogP) is 2.31. The molecule has 0 bridgehead atoms. The third kappa shape index (κ3) is 4.57. The molecule has 0 aliphatic rings. The number of aliphatic imine (C=N–C) groups is 1. The van der Waals surface area contributed by atoms with Crippen LogP contribution < -0.4 is 10.1 Å². The van der Waals surface area contributed by atoms with Gasteiger partial charge in [-0.05, 0) is 24.6 Å². The fourth-order valence-corrected chi connectivity index (χ4v) is 1.88. The van der Waals surface area contributed by atoms with Gasteiger partial charge in [-0.3, -0.25) is 4.99 Å². The summed E-state index contributed by atoms with van der Waals surface area (Å²) in [6.45, 7) is 2.75. The van der Waals surface area contributed by atoms with Crippen LogP contribution in [-0.2, 0) is 0 Å². The second kappa shape index (κ2) is 7.17. The Bertz CT molecular complexity index is 353. The molecule has 0 aromatic heterocycles. The first-order chi connectivity index (χ1) is 7.76. The molecule has 0 atom stereocenters. The molecule has 0 saturated carbocycles. The molecule has 88 valence electrons. The van der Waals surface area contributed by atoms with Crippen LogP contribution in [0.15, 0.2) is 29.3 Å². The van der Waals surface area contributed by atoms with Crippen LogP contribution in [0.4, 0.5) is 0 Å². The monoisotopic (exact) mass is 238 g/mol. The Morgan fingerprint density at radius 2 is 2.31 bits per heavy atom. The Labute approximate surface area is 101 Å². The van der Waals surface area contributed by atoms with E-state index in [0.717, 1.165) is 16.7 Å². The SMILES string of the molecule is CN=C(NC)SCCOc1cccc(C)c1. The van der Waals surface area contributed by atoms with Crippen LogP contribution in [0.5, 0.6) is 5.75 Å². The van der Waals surface area contributed by atoms with Gasteiger partial charge >= 0.3 is 0 Å². The molecule has 0 unspecified atom stereocenters. The quantitative estimate of drug-likeness (QED) is 0.496. The van der Waals surface area contributed by atoms with E-state index < -0.39 is 0 Å². The van der Waals surface area contributed by atoms with E-state index in [9.17, 15) is 0 Å². The van der Waals surface area contributed by atoms with E-state index in [-0.39, 0.29) is 0 Å². The molecule has 1 aromatic carbocycles. The van der Waals surface area contributed by atoms with Crippen molar-refractivity contribution in [1.82, 2.24) is 5.32 Å². The molecule has 0 radical (unpaired) electrons. The average Bonchev–Trinajstić information content (AvgIpc) is 2.29. The van der Waals surface area contributed by atoms with Crippen LogP contribution in [0.25, 0.3) is 0 Å². The van der Waals surface area contributed by atoms with Gasteiger partial charge in [0, 0.05) is 19.8 Å². The molecule has 0 aliphatic carbocycles. The average molecular weight is 238 g/mol. The summed E-state index contributed by atoms with van der Waals surface area (Å²) in [6, 6.07) is 8.08. The Balaban J connectivity index is 2.26. The third-order valence-electron chi connectivity index (χ3n) is 2.00. The summed E-state index contributed by atoms with van der Waals surface area (Å²) in [6.07, 6.45) is 0. The lowest BCUT2D eigenvalue weighted by molar-refractivity contribution is 0.344. The second-order valence-electron chi connectivity index (χ2n) is 3.29. The number of amidine groups is 1. The van der Waals surface area contributed by atoms with Crippen LogP contribution in [0.3, 0.4) is 0 Å². The maximum Gasteiger partial charge on any atom is 0.156 e. The van der Waals surface area contributed by atoms with Crippen molar-refractivity contribution < 1.29 is 4.74 Å². The van der Waals surface area contributed by atoms with Gasteiger partial charge in [0.1, 0.15) is 5.75 Å². The number of hydrogen-bond acceptors (Lipinski definition) is 3. The van der Waals surface area contributed by atoms with Gasteiger partial charge in [0.2, 0.25) is 0 Å². The summed E-state index contributed by atoms with van der Waals surface area (Å²) in [5, 5.41) is 3.95. The molecule has 0 fully saturated rings. The largest absolute Gasteiger partial charge is 0.493 e. The first-order valence-corrected chi connectivity index (χ1v) is 6.21. The number of aryl methyl sites for hydroxylation is 1. The van der Waals surface area contributed by atoms with E-state index >= 15 is 0 Å². The number of ether oxygens (including phenoxy) is 1. The first kappa shape index (κ1) is 12.9. The summed E-state index contributed by atoms with van der Waals surface area (Å²) in [7, 11) is 3.65. The van der Waals surface area contributed by atoms with Gasteiger partial charge in [0.15, 0.2) is 5.17 Å². The molecule has 0 amide bonds. The van der Waals surface area contributed by atoms with Crippen molar-refractivity contribution in [2.75, 3.05) is 26.5 Å². The van der Waals surface area contributed by atoms with Crippen LogP contribution in [0.1, 0.15) is 5.56 Å². The lowest BCUT2D eigenvalue weighted by Crippen LogP contribution is -2.15. The van der Waals surface area contributed by atoms with E-state index in [0.29, 0.717) is 6.61 Å². The zero-order valence-corrected chi connectivity index (χ0v) is 10.8. The molecule has 4 heteroatoms. The van der Waals surface area contributed by atoms with Gasteiger partial charge in [-0.25, -0.2) is 0 Å². The lowest BCUT2D eigenvalue weighted by Gasteiger charge is -2.07. The van der Waals surface area contributed by atoms with Crippen LogP contribution in [-0.4, -0.2) is 31.6 Å². The van der Waals surface area contributed by atoms with E-state index in [4.69, 9.17) is 4.74 Å². The van der Waals surface area contributed by atoms with Crippen molar-refractivity contribution in [3.63, 3.8) is 0 Å². The summed E-state index contributed by atoms with van der Waals surface area (Å²) in [5.74, 6) is 1.82. The molecule has 1 N–H and O–H groups in total. The Morgan fingerprint density at radius 1 is 1.50 bits per heavy atom. The minimum absolute atomic E-state index is 0.689. The minimum Gasteiger partial charge on any atom is -0.493 e. The molecule has 1 aromatic rings. The summed E-state index contributed by atoms with van der Waals surface area (Å²) in [4.78, 5) is 4.08. The van der Waals surface area contributed by atoms with Crippen molar-refractivity contribution in [1.29, 1.82) is 0 Å². The number of hydrogen-bond donors (Lipinski definition) is 1. The van der Waals surface area contributed by atoms with Gasteiger partial charge in [0.05, 0.1) is 6.61 Å². The van der Waals surface area contributed by atoms with Crippen molar-refractivity contribution >= 4 is 16.9 Å². The van der Waals surface area contributed by atoms with Crippen molar-refractivity contribution in [3.8, 4) is 5.75 Å². The molecule has 0 saturated heterocycles. The van der Waals surface area contributed by atoms with Gasteiger partial charge in [0.25, 0.3) is 0 Å². The molecular weight excluding hydrogens is 220 g/mol. The van der Waals surface area contributed by atoms with E-state index in [1.165, 1.54) is 5.56 Å². The fraction of sp³-hybridized carbons (Fsp3) is 0.417. The smallest absolute Gasteiger partial charge is 0.156 e. The highest BCUT2D eigenvalue weighted by molar-refractivity contribution is 8.13. The second-order valence-corrected chi connectivity index (χ2v) is 4.38. The van der Waals surface area contributed by atoms with E-state index in [1.54, 1.807) is 18.8 Å². The van der Waals surface area contributed by atoms with Crippen LogP contribution >= 0.6 is 11.8 Å². The van der Waals surface area contributed by atoms with Gasteiger partial charge in [-0.15, -0.1) is 0 Å². The molecule has 0 spiro atoms. The maximum atomic E-state index is 5.62. The summed E-state index contributed by atoms with van der Waals surface area (Å²) in [5.41, 5.74) is 1.22. The van der Waals surface area contributed by atoms with Crippen molar-refractivity contribution in [3.05, 3.63) is 29.8 Å². The van der Waals surface area contributed by atoms with Gasteiger partial charge < -0.3 is 10.1 Å². The zero-order valence-electron chi connectivity index (χ0n) is 9.99. The minimum atomic E-state index is 0.689. The lowest BCUT2D eigenvalue weighted by atomic mass is 10.2. The Hall–Kier alpha value is -1.16. The third-order valence-corrected chi connectivity index (χ3v) is 3.03. The maximum absolute atomic E-state index is 5.62. The van der Waals surface area contributed by atoms with Gasteiger partial charge in [-0.2, -0.15) is 0 Å². The highest BCUT2D eigenvalue weighted by Crippen LogP contribution is 2.12. The van der Waals surface area contributed by atoms with Crippen LogP contribution in [0, 0.1) is 6.92 Å². The van der Waals surface area contributed by atoms with Crippen molar-refractivity contribution in [2.24, 2.45) is 4.99 Å². The summed E-state index contributed by atoms with van der Waals surface area (Å²) >= 11 is 1.66. The molecule has 0 aliphatic heterocycles. The highest BCUT2D eigenvalue weighted by atomic mass is 32.2. The molecular formula is C12H18N2OS. The normalized spacial score (nSPS) is 11.3. The number of thioether (sulfide) groups is 1. The van der Waals surface area contributed by atoms with E-state index in [1.807, 2.05) is 25.2 Å². The van der Waals surface area contributed by atoms with Crippen LogP contribution in [0.2, 0.25) is 0 Å². The first-order valence-electron chi connectivity index (χ1n) is 5.23. The zero-order chi connectivity index (χ0) is 11.8. The highest BCUT2D eigenvalue weighted by Gasteiger charge is 1.97. The number of nitrogens with zero attached hydrogens (tertiary/aromatic N) is 1.